The maximum absolute atomic E-state index is 13.0. The van der Waals surface area contributed by atoms with Gasteiger partial charge >= 0.3 is 5.97 Å². The van der Waals surface area contributed by atoms with Gasteiger partial charge < -0.3 is 14.5 Å². The topological polar surface area (TPSA) is 104 Å². The van der Waals surface area contributed by atoms with Gasteiger partial charge in [0.25, 0.3) is 5.91 Å². The molecule has 0 unspecified atom stereocenters. The molecule has 9 nitrogen and oxygen atoms in total. The number of hydrogen-bond acceptors (Lipinski definition) is 7. The number of piperazine rings is 1. The van der Waals surface area contributed by atoms with Crippen molar-refractivity contribution in [2.24, 2.45) is 0 Å². The van der Waals surface area contributed by atoms with Crippen LogP contribution < -0.4 is 0 Å². The van der Waals surface area contributed by atoms with Crippen LogP contribution in [0.15, 0.2) is 23.1 Å². The molecule has 0 saturated carbocycles. The Balaban J connectivity index is 1.30. The van der Waals surface area contributed by atoms with Crippen LogP contribution >= 0.6 is 11.8 Å². The summed E-state index contributed by atoms with van der Waals surface area (Å²) in [6.07, 6.45) is 1.12. The lowest BCUT2D eigenvalue weighted by molar-refractivity contribution is -0.158. The third-order valence-corrected chi connectivity index (χ3v) is 10.2. The van der Waals surface area contributed by atoms with Crippen molar-refractivity contribution in [1.82, 2.24) is 14.1 Å². The van der Waals surface area contributed by atoms with Gasteiger partial charge in [0.15, 0.2) is 6.61 Å². The molecule has 3 fully saturated rings. The molecule has 2 atom stereocenters. The number of carbonyl (C=O) groups excluding carboxylic acids is 3. The third-order valence-electron chi connectivity index (χ3n) is 6.59. The van der Waals surface area contributed by atoms with Crippen molar-refractivity contribution in [3.8, 4) is 0 Å². The Morgan fingerprint density at radius 2 is 1.88 bits per heavy atom. The van der Waals surface area contributed by atoms with Crippen molar-refractivity contribution in [3.63, 3.8) is 0 Å². The fourth-order valence-corrected chi connectivity index (χ4v) is 7.77. The number of hydrogen-bond donors (Lipinski definition) is 0. The zero-order chi connectivity index (χ0) is 24.0. The molecule has 3 aliphatic rings. The highest BCUT2D eigenvalue weighted by Crippen LogP contribution is 2.47. The molecule has 0 N–H and O–H groups in total. The SMILES string of the molecule is Cc1ccc(S(=O)(=O)N2CCN(C(=O)COC(=O)[C@H]3CS[C@@]4(C)CCC(=O)N34)CC2)c(C)c1. The molecule has 0 radical (unpaired) electrons. The predicted octanol–water partition coefficient (Wildman–Crippen LogP) is 1.13. The Hall–Kier alpha value is -2.11. The molecule has 2 amide bonds. The number of sulfonamides is 1. The number of aryl methyl sites for hydroxylation is 2. The zero-order valence-corrected chi connectivity index (χ0v) is 20.7. The van der Waals surface area contributed by atoms with E-state index in [2.05, 4.69) is 0 Å². The van der Waals surface area contributed by atoms with E-state index < -0.39 is 28.6 Å². The lowest BCUT2D eigenvalue weighted by Gasteiger charge is -2.34. The monoisotopic (exact) mass is 495 g/mol. The molecule has 180 valence electrons. The summed E-state index contributed by atoms with van der Waals surface area (Å²) in [4.78, 5) is 40.4. The lowest BCUT2D eigenvalue weighted by Crippen LogP contribution is -2.52. The molecule has 1 aromatic carbocycles. The zero-order valence-electron chi connectivity index (χ0n) is 19.1. The first-order valence-electron chi connectivity index (χ1n) is 11.0. The van der Waals surface area contributed by atoms with Crippen molar-refractivity contribution in [1.29, 1.82) is 0 Å². The molecule has 4 rings (SSSR count). The van der Waals surface area contributed by atoms with Crippen molar-refractivity contribution in [2.45, 2.75) is 49.4 Å². The summed E-state index contributed by atoms with van der Waals surface area (Å²) in [5.74, 6) is -0.527. The number of rotatable bonds is 5. The first kappa shape index (κ1) is 24.0. The minimum atomic E-state index is -3.64. The van der Waals surface area contributed by atoms with E-state index in [9.17, 15) is 22.8 Å². The van der Waals surface area contributed by atoms with Crippen LogP contribution in [0.4, 0.5) is 0 Å². The van der Waals surface area contributed by atoms with Crippen LogP contribution in [0.25, 0.3) is 0 Å². The number of nitrogens with zero attached hydrogens (tertiary/aromatic N) is 3. The minimum absolute atomic E-state index is 0.0584. The van der Waals surface area contributed by atoms with E-state index in [4.69, 9.17) is 4.74 Å². The average Bonchev–Trinajstić information content (AvgIpc) is 3.27. The second kappa shape index (κ2) is 8.92. The summed E-state index contributed by atoms with van der Waals surface area (Å²) in [6, 6.07) is 4.56. The van der Waals surface area contributed by atoms with Crippen LogP contribution in [0.3, 0.4) is 0 Å². The molecule has 3 aliphatic heterocycles. The van der Waals surface area contributed by atoms with E-state index in [1.807, 2.05) is 19.9 Å². The normalized spacial score (nSPS) is 25.9. The smallest absolute Gasteiger partial charge is 0.330 e. The number of carbonyl (C=O) groups is 3. The molecule has 1 aromatic rings. The molecule has 0 aliphatic carbocycles. The van der Waals surface area contributed by atoms with Crippen LogP contribution in [-0.4, -0.2) is 89.8 Å². The summed E-state index contributed by atoms with van der Waals surface area (Å²) in [5, 5.41) is 0. The molecule has 11 heteroatoms. The van der Waals surface area contributed by atoms with E-state index in [1.54, 1.807) is 35.7 Å². The Bertz CT molecular complexity index is 1080. The Morgan fingerprint density at radius 3 is 2.55 bits per heavy atom. The quantitative estimate of drug-likeness (QED) is 0.564. The number of esters is 1. The minimum Gasteiger partial charge on any atom is -0.454 e. The van der Waals surface area contributed by atoms with Gasteiger partial charge in [-0.15, -0.1) is 11.8 Å². The predicted molar refractivity (Wildman–Crippen MR) is 123 cm³/mol. The van der Waals surface area contributed by atoms with E-state index in [0.717, 1.165) is 5.56 Å². The van der Waals surface area contributed by atoms with Crippen molar-refractivity contribution >= 4 is 39.6 Å². The lowest BCUT2D eigenvalue weighted by atomic mass is 10.2. The Labute approximate surface area is 198 Å². The van der Waals surface area contributed by atoms with Gasteiger partial charge in [0, 0.05) is 38.4 Å². The molecule has 0 bridgehead atoms. The van der Waals surface area contributed by atoms with Gasteiger partial charge in [0.2, 0.25) is 15.9 Å². The van der Waals surface area contributed by atoms with Gasteiger partial charge in [-0.05, 0) is 38.8 Å². The molecule has 33 heavy (non-hydrogen) atoms. The van der Waals surface area contributed by atoms with E-state index >= 15 is 0 Å². The number of ether oxygens (including phenoxy) is 1. The molecule has 0 aromatic heterocycles. The second-order valence-corrected chi connectivity index (χ2v) is 12.3. The highest BCUT2D eigenvalue weighted by Gasteiger charge is 2.53. The maximum atomic E-state index is 13.0. The van der Waals surface area contributed by atoms with Crippen molar-refractivity contribution < 1.29 is 27.5 Å². The van der Waals surface area contributed by atoms with Crippen molar-refractivity contribution in [2.75, 3.05) is 38.5 Å². The summed E-state index contributed by atoms with van der Waals surface area (Å²) in [6.45, 7) is 6.02. The van der Waals surface area contributed by atoms with Crippen LogP contribution in [0.5, 0.6) is 0 Å². The standard InChI is InChI=1S/C22H29N3O6S2/c1-15-4-5-18(16(2)12-15)33(29,30)24-10-8-23(9-11-24)20(27)13-31-21(28)17-14-32-22(3)7-6-19(26)25(17)22/h4-5,12,17H,6-11,13-14H2,1-3H3/t17-,22+/m1/s1. The van der Waals surface area contributed by atoms with Crippen LogP contribution in [-0.2, 0) is 29.1 Å². The number of benzene rings is 1. The molecule has 3 heterocycles. The second-order valence-electron chi connectivity index (χ2n) is 8.93. The van der Waals surface area contributed by atoms with Crippen LogP contribution in [0.2, 0.25) is 0 Å². The fraction of sp³-hybridized carbons (Fsp3) is 0.591. The molecular weight excluding hydrogens is 466 g/mol. The van der Waals surface area contributed by atoms with Crippen molar-refractivity contribution in [3.05, 3.63) is 29.3 Å². The summed E-state index contributed by atoms with van der Waals surface area (Å²) >= 11 is 1.57. The van der Waals surface area contributed by atoms with Gasteiger partial charge in [-0.3, -0.25) is 9.59 Å². The summed E-state index contributed by atoms with van der Waals surface area (Å²) in [5.41, 5.74) is 1.68. The highest BCUT2D eigenvalue weighted by molar-refractivity contribution is 8.01. The summed E-state index contributed by atoms with van der Waals surface area (Å²) in [7, 11) is -3.64. The average molecular weight is 496 g/mol. The van der Waals surface area contributed by atoms with Crippen LogP contribution in [0, 0.1) is 13.8 Å². The highest BCUT2D eigenvalue weighted by atomic mass is 32.2. The first-order valence-corrected chi connectivity index (χ1v) is 13.4. The third kappa shape index (κ3) is 4.50. The number of amides is 2. The van der Waals surface area contributed by atoms with Gasteiger partial charge in [-0.1, -0.05) is 17.7 Å². The molecular formula is C22H29N3O6S2. The Kier molecular flexibility index (Phi) is 6.49. The van der Waals surface area contributed by atoms with E-state index in [-0.39, 0.29) is 47.8 Å². The maximum Gasteiger partial charge on any atom is 0.330 e. The van der Waals surface area contributed by atoms with E-state index in [0.29, 0.717) is 24.2 Å². The van der Waals surface area contributed by atoms with Crippen LogP contribution in [0.1, 0.15) is 30.9 Å². The fourth-order valence-electron chi connectivity index (χ4n) is 4.72. The first-order chi connectivity index (χ1) is 15.5. The van der Waals surface area contributed by atoms with Gasteiger partial charge in [0.1, 0.15) is 6.04 Å². The Morgan fingerprint density at radius 1 is 1.18 bits per heavy atom. The molecule has 0 spiro atoms. The van der Waals surface area contributed by atoms with Gasteiger partial charge in [-0.25, -0.2) is 13.2 Å². The number of fused-ring (bicyclic) bond motifs is 1. The van der Waals surface area contributed by atoms with E-state index in [1.165, 1.54) is 9.21 Å². The molecule has 3 saturated heterocycles. The van der Waals surface area contributed by atoms with Gasteiger partial charge in [-0.2, -0.15) is 4.31 Å². The largest absolute Gasteiger partial charge is 0.454 e. The van der Waals surface area contributed by atoms with Gasteiger partial charge in [0.05, 0.1) is 9.77 Å². The summed E-state index contributed by atoms with van der Waals surface area (Å²) < 4.78 is 32.7. The number of thioether (sulfide) groups is 1.